The minimum absolute atomic E-state index is 0.0386. The number of hydrogen-bond acceptors (Lipinski definition) is 6. The van der Waals surface area contributed by atoms with E-state index in [1.807, 2.05) is 46.3 Å². The molecule has 0 saturated carbocycles. The van der Waals surface area contributed by atoms with Crippen LogP contribution in [-0.2, 0) is 6.54 Å². The molecule has 0 fully saturated rings. The highest BCUT2D eigenvalue weighted by atomic mass is 35.5. The summed E-state index contributed by atoms with van der Waals surface area (Å²) in [6.07, 6.45) is 0. The Bertz CT molecular complexity index is 1400. The zero-order valence-corrected chi connectivity index (χ0v) is 18.2. The van der Waals surface area contributed by atoms with Crippen LogP contribution < -0.4 is 14.3 Å². The van der Waals surface area contributed by atoms with Crippen molar-refractivity contribution >= 4 is 34.3 Å². The van der Waals surface area contributed by atoms with E-state index in [1.54, 1.807) is 24.3 Å². The summed E-state index contributed by atoms with van der Waals surface area (Å²) in [6.45, 7) is 0.705. The Hall–Kier alpha value is -3.62. The number of non-ortho nitro benzene ring substituents is 1. The summed E-state index contributed by atoms with van der Waals surface area (Å²) in [4.78, 5) is 16.4. The molecule has 0 radical (unpaired) electrons. The average Bonchev–Trinajstić information content (AvgIpc) is 3.41. The number of fused-ring (bicyclic) bond motifs is 1. The zero-order chi connectivity index (χ0) is 22.1. The number of halogens is 1. The Morgan fingerprint density at radius 1 is 1.06 bits per heavy atom. The number of nitro benzene ring substituents is 1. The van der Waals surface area contributed by atoms with Gasteiger partial charge in [0.05, 0.1) is 22.8 Å². The van der Waals surface area contributed by atoms with Crippen LogP contribution in [0.25, 0.3) is 11.3 Å². The van der Waals surface area contributed by atoms with Crippen molar-refractivity contribution < 1.29 is 14.4 Å². The molecule has 32 heavy (non-hydrogen) atoms. The molecule has 7 nitrogen and oxygen atoms in total. The third kappa shape index (κ3) is 4.10. The second-order valence-electron chi connectivity index (χ2n) is 7.08. The molecule has 9 heteroatoms. The molecule has 0 atom stereocenters. The Morgan fingerprint density at radius 3 is 2.75 bits per heavy atom. The zero-order valence-electron chi connectivity index (χ0n) is 16.6. The summed E-state index contributed by atoms with van der Waals surface area (Å²) in [5, 5.41) is 13.8. The van der Waals surface area contributed by atoms with Gasteiger partial charge in [-0.05, 0) is 35.9 Å². The predicted molar refractivity (Wildman–Crippen MR) is 123 cm³/mol. The van der Waals surface area contributed by atoms with Crippen molar-refractivity contribution in [3.63, 3.8) is 0 Å². The van der Waals surface area contributed by atoms with Gasteiger partial charge in [-0.2, -0.15) is 0 Å². The first kappa shape index (κ1) is 20.3. The van der Waals surface area contributed by atoms with E-state index in [2.05, 4.69) is 0 Å². The highest BCUT2D eigenvalue weighted by molar-refractivity contribution is 7.07. The first-order chi connectivity index (χ1) is 15.6. The summed E-state index contributed by atoms with van der Waals surface area (Å²) in [7, 11) is 0. The van der Waals surface area contributed by atoms with Crippen LogP contribution in [-0.4, -0.2) is 16.3 Å². The number of rotatable bonds is 5. The lowest BCUT2D eigenvalue weighted by atomic mass is 10.1. The fourth-order valence-electron chi connectivity index (χ4n) is 3.46. The molecular weight excluding hydrogens is 450 g/mol. The highest BCUT2D eigenvalue weighted by Crippen LogP contribution is 2.33. The molecule has 5 rings (SSSR count). The van der Waals surface area contributed by atoms with E-state index in [0.29, 0.717) is 23.1 Å². The molecule has 160 valence electrons. The fourth-order valence-corrected chi connectivity index (χ4v) is 4.57. The van der Waals surface area contributed by atoms with Crippen LogP contribution in [0.5, 0.6) is 11.5 Å². The van der Waals surface area contributed by atoms with E-state index in [1.165, 1.54) is 17.4 Å². The monoisotopic (exact) mass is 465 g/mol. The maximum Gasteiger partial charge on any atom is 0.270 e. The van der Waals surface area contributed by atoms with E-state index >= 15 is 0 Å². The van der Waals surface area contributed by atoms with Gasteiger partial charge in [0.2, 0.25) is 6.79 Å². The molecule has 0 amide bonds. The van der Waals surface area contributed by atoms with Crippen LogP contribution in [0.15, 0.2) is 77.1 Å². The van der Waals surface area contributed by atoms with Gasteiger partial charge < -0.3 is 14.0 Å². The van der Waals surface area contributed by atoms with Gasteiger partial charge >= 0.3 is 0 Å². The normalized spacial score (nSPS) is 12.8. The van der Waals surface area contributed by atoms with E-state index < -0.39 is 4.92 Å². The minimum atomic E-state index is -0.394. The van der Waals surface area contributed by atoms with Crippen LogP contribution >= 0.6 is 22.9 Å². The van der Waals surface area contributed by atoms with Gasteiger partial charge in [-0.25, -0.2) is 4.99 Å². The molecule has 0 N–H and O–H groups in total. The topological polar surface area (TPSA) is 78.9 Å². The first-order valence-electron chi connectivity index (χ1n) is 9.69. The predicted octanol–water partition coefficient (Wildman–Crippen LogP) is 5.79. The number of nitro groups is 1. The first-order valence-corrected chi connectivity index (χ1v) is 10.9. The largest absolute Gasteiger partial charge is 0.454 e. The summed E-state index contributed by atoms with van der Waals surface area (Å²) in [5.41, 5.74) is 3.33. The lowest BCUT2D eigenvalue weighted by Crippen LogP contribution is -2.16. The molecule has 1 aliphatic heterocycles. The molecule has 0 bridgehead atoms. The van der Waals surface area contributed by atoms with Gasteiger partial charge in [0.15, 0.2) is 16.3 Å². The molecule has 0 unspecified atom stereocenters. The second-order valence-corrected chi connectivity index (χ2v) is 8.35. The number of benzene rings is 3. The van der Waals surface area contributed by atoms with Gasteiger partial charge in [0, 0.05) is 28.1 Å². The Balaban J connectivity index is 1.63. The molecule has 0 spiro atoms. The molecule has 0 saturated heterocycles. The Morgan fingerprint density at radius 2 is 1.91 bits per heavy atom. The molecule has 1 aliphatic rings. The van der Waals surface area contributed by atoms with Crippen molar-refractivity contribution in [1.29, 1.82) is 0 Å². The number of nitrogens with zero attached hydrogens (tertiary/aromatic N) is 3. The Labute approximate surface area is 191 Å². The van der Waals surface area contributed by atoms with E-state index in [4.69, 9.17) is 26.1 Å². The number of thiazole rings is 1. The van der Waals surface area contributed by atoms with Gasteiger partial charge in [-0.1, -0.05) is 35.9 Å². The average molecular weight is 466 g/mol. The lowest BCUT2D eigenvalue weighted by Gasteiger charge is -2.10. The number of aromatic nitrogens is 1. The molecule has 2 heterocycles. The molecule has 4 aromatic rings. The van der Waals surface area contributed by atoms with Crippen molar-refractivity contribution in [2.45, 2.75) is 6.54 Å². The lowest BCUT2D eigenvalue weighted by molar-refractivity contribution is -0.384. The van der Waals surface area contributed by atoms with Gasteiger partial charge in [-0.15, -0.1) is 11.3 Å². The number of ether oxygens (including phenoxy) is 2. The SMILES string of the molecule is O=[N+]([O-])c1cccc(-c2csc(=Nc3cccc(Cl)c3)n2Cc2ccc3c(c2)OCO3)c1. The smallest absolute Gasteiger partial charge is 0.270 e. The van der Waals surface area contributed by atoms with Crippen molar-refractivity contribution in [1.82, 2.24) is 4.57 Å². The molecule has 1 aromatic heterocycles. The van der Waals surface area contributed by atoms with Gasteiger partial charge in [0.1, 0.15) is 0 Å². The summed E-state index contributed by atoms with van der Waals surface area (Å²) in [5.74, 6) is 1.41. The van der Waals surface area contributed by atoms with Crippen LogP contribution in [0, 0.1) is 10.1 Å². The minimum Gasteiger partial charge on any atom is -0.454 e. The molecule has 0 aliphatic carbocycles. The summed E-state index contributed by atoms with van der Waals surface area (Å²) >= 11 is 7.59. The maximum absolute atomic E-state index is 11.3. The van der Waals surface area contributed by atoms with E-state index in [0.717, 1.165) is 27.3 Å². The van der Waals surface area contributed by atoms with Crippen molar-refractivity contribution in [3.05, 3.63) is 97.6 Å². The van der Waals surface area contributed by atoms with Gasteiger partial charge in [-0.3, -0.25) is 10.1 Å². The summed E-state index contributed by atoms with van der Waals surface area (Å²) in [6, 6.07) is 19.7. The third-order valence-corrected chi connectivity index (χ3v) is 6.06. The quantitative estimate of drug-likeness (QED) is 0.276. The van der Waals surface area contributed by atoms with Crippen LogP contribution in [0.2, 0.25) is 5.02 Å². The van der Waals surface area contributed by atoms with Crippen LogP contribution in [0.1, 0.15) is 5.56 Å². The van der Waals surface area contributed by atoms with Crippen molar-refractivity contribution in [2.24, 2.45) is 4.99 Å². The van der Waals surface area contributed by atoms with Crippen LogP contribution in [0.3, 0.4) is 0 Å². The van der Waals surface area contributed by atoms with E-state index in [9.17, 15) is 10.1 Å². The Kier molecular flexibility index (Phi) is 5.38. The van der Waals surface area contributed by atoms with Gasteiger partial charge in [0.25, 0.3) is 5.69 Å². The second kappa shape index (κ2) is 8.49. The standard InChI is InChI=1S/C23H16ClN3O4S/c24-17-4-2-5-18(11-17)25-23-26(12-15-7-8-21-22(9-15)31-14-30-21)20(13-32-23)16-3-1-6-19(10-16)27(28)29/h1-11,13H,12,14H2. The van der Waals surface area contributed by atoms with E-state index in [-0.39, 0.29) is 12.5 Å². The summed E-state index contributed by atoms with van der Waals surface area (Å²) < 4.78 is 13.0. The molecule has 3 aromatic carbocycles. The maximum atomic E-state index is 11.3. The van der Waals surface area contributed by atoms with Crippen molar-refractivity contribution in [3.8, 4) is 22.8 Å². The third-order valence-electron chi connectivity index (χ3n) is 4.96. The van der Waals surface area contributed by atoms with Crippen molar-refractivity contribution in [2.75, 3.05) is 6.79 Å². The molecular formula is C23H16ClN3O4S. The number of hydrogen-bond donors (Lipinski definition) is 0. The fraction of sp³-hybridized carbons (Fsp3) is 0.0870. The van der Waals surface area contributed by atoms with Crippen LogP contribution in [0.4, 0.5) is 11.4 Å². The highest BCUT2D eigenvalue weighted by Gasteiger charge is 2.16.